The minimum Gasteiger partial charge on any atom is -0.378 e. The summed E-state index contributed by atoms with van der Waals surface area (Å²) in [6, 6.07) is 2.98. The van der Waals surface area contributed by atoms with Crippen molar-refractivity contribution in [3.63, 3.8) is 0 Å². The Labute approximate surface area is 162 Å². The van der Waals surface area contributed by atoms with Crippen molar-refractivity contribution >= 4 is 17.5 Å². The molecule has 2 amide bonds. The first-order valence-electron chi connectivity index (χ1n) is 9.70. The van der Waals surface area contributed by atoms with Gasteiger partial charge in [0.15, 0.2) is 0 Å². The number of halogens is 2. The number of hydrogen-bond donors (Lipinski definition) is 0. The number of amides is 2. The van der Waals surface area contributed by atoms with Crippen LogP contribution in [0.15, 0.2) is 18.2 Å². The van der Waals surface area contributed by atoms with Crippen molar-refractivity contribution in [1.82, 2.24) is 4.90 Å². The summed E-state index contributed by atoms with van der Waals surface area (Å²) in [7, 11) is 0. The van der Waals surface area contributed by atoms with E-state index in [9.17, 15) is 18.4 Å². The molecule has 3 fully saturated rings. The van der Waals surface area contributed by atoms with Crippen LogP contribution >= 0.6 is 0 Å². The van der Waals surface area contributed by atoms with Crippen molar-refractivity contribution < 1.29 is 27.8 Å². The van der Waals surface area contributed by atoms with Crippen LogP contribution in [-0.4, -0.2) is 61.3 Å². The fourth-order valence-corrected chi connectivity index (χ4v) is 4.35. The molecule has 3 aliphatic rings. The van der Waals surface area contributed by atoms with E-state index in [-0.39, 0.29) is 36.6 Å². The van der Waals surface area contributed by atoms with Crippen molar-refractivity contribution in [3.05, 3.63) is 29.8 Å². The van der Waals surface area contributed by atoms with E-state index < -0.39 is 23.2 Å². The average molecular weight is 394 g/mol. The molecule has 3 saturated heterocycles. The van der Waals surface area contributed by atoms with Crippen LogP contribution in [0.25, 0.3) is 0 Å². The molecule has 0 bridgehead atoms. The molecule has 0 aliphatic carbocycles. The highest BCUT2D eigenvalue weighted by Gasteiger charge is 2.47. The number of rotatable bonds is 3. The normalized spacial score (nSPS) is 30.5. The van der Waals surface area contributed by atoms with E-state index >= 15 is 0 Å². The van der Waals surface area contributed by atoms with Crippen molar-refractivity contribution in [1.29, 1.82) is 0 Å². The topological polar surface area (TPSA) is 59.1 Å². The minimum atomic E-state index is -0.750. The van der Waals surface area contributed by atoms with Crippen LogP contribution in [-0.2, 0) is 19.1 Å². The number of benzene rings is 1. The lowest BCUT2D eigenvalue weighted by Gasteiger charge is -2.44. The first kappa shape index (κ1) is 19.3. The minimum absolute atomic E-state index is 0.0363. The van der Waals surface area contributed by atoms with Gasteiger partial charge in [-0.2, -0.15) is 0 Å². The third kappa shape index (κ3) is 3.63. The van der Waals surface area contributed by atoms with Crippen LogP contribution in [0.4, 0.5) is 14.5 Å². The summed E-state index contributed by atoms with van der Waals surface area (Å²) in [5, 5.41) is 0. The standard InChI is InChI=1S/C20H24F2N2O4/c1-2-17-10-23(11-20(28-17)3-4-27-12-20)19(26)13-5-18(25)24(9-13)16-7-14(21)6-15(22)8-16/h6-8,13,17H,2-5,9-12H2,1H3. The predicted molar refractivity (Wildman–Crippen MR) is 96.7 cm³/mol. The van der Waals surface area contributed by atoms with Gasteiger partial charge in [-0.1, -0.05) is 6.92 Å². The molecule has 3 aliphatic heterocycles. The highest BCUT2D eigenvalue weighted by atomic mass is 19.1. The lowest BCUT2D eigenvalue weighted by molar-refractivity contribution is -0.172. The molecule has 0 saturated carbocycles. The highest BCUT2D eigenvalue weighted by Crippen LogP contribution is 2.33. The molecule has 1 aromatic carbocycles. The zero-order chi connectivity index (χ0) is 19.9. The van der Waals surface area contributed by atoms with E-state index in [0.717, 1.165) is 31.0 Å². The molecule has 6 nitrogen and oxygen atoms in total. The van der Waals surface area contributed by atoms with Crippen molar-refractivity contribution in [2.45, 2.75) is 37.9 Å². The number of ether oxygens (including phenoxy) is 2. The maximum absolute atomic E-state index is 13.5. The Morgan fingerprint density at radius 2 is 2.00 bits per heavy atom. The number of hydrogen-bond acceptors (Lipinski definition) is 4. The molecule has 0 N–H and O–H groups in total. The third-order valence-electron chi connectivity index (χ3n) is 5.79. The molecular weight excluding hydrogens is 370 g/mol. The van der Waals surface area contributed by atoms with E-state index in [0.29, 0.717) is 26.3 Å². The Balaban J connectivity index is 1.49. The zero-order valence-electron chi connectivity index (χ0n) is 15.8. The van der Waals surface area contributed by atoms with Gasteiger partial charge in [-0.25, -0.2) is 8.78 Å². The molecule has 152 valence electrons. The number of carbonyl (C=O) groups excluding carboxylic acids is 2. The number of nitrogens with zero attached hydrogens (tertiary/aromatic N) is 2. The molecule has 28 heavy (non-hydrogen) atoms. The van der Waals surface area contributed by atoms with Gasteiger partial charge in [-0.3, -0.25) is 9.59 Å². The van der Waals surface area contributed by atoms with Gasteiger partial charge in [0.2, 0.25) is 11.8 Å². The Morgan fingerprint density at radius 1 is 1.25 bits per heavy atom. The largest absolute Gasteiger partial charge is 0.378 e. The molecular formula is C20H24F2N2O4. The summed E-state index contributed by atoms with van der Waals surface area (Å²) in [5.74, 6) is -2.45. The van der Waals surface area contributed by atoms with E-state index in [1.165, 1.54) is 4.90 Å². The van der Waals surface area contributed by atoms with Gasteiger partial charge in [0.05, 0.1) is 25.2 Å². The summed E-state index contributed by atoms with van der Waals surface area (Å²) in [4.78, 5) is 28.7. The molecule has 3 heterocycles. The van der Waals surface area contributed by atoms with Crippen molar-refractivity contribution in [3.8, 4) is 0 Å². The predicted octanol–water partition coefficient (Wildman–Crippen LogP) is 2.11. The second-order valence-electron chi connectivity index (χ2n) is 7.89. The quantitative estimate of drug-likeness (QED) is 0.788. The van der Waals surface area contributed by atoms with E-state index in [1.54, 1.807) is 4.90 Å². The summed E-state index contributed by atoms with van der Waals surface area (Å²) in [5.41, 5.74) is -0.324. The molecule has 1 spiro atoms. The van der Waals surface area contributed by atoms with Gasteiger partial charge in [0, 0.05) is 44.3 Å². The molecule has 1 aromatic rings. The summed E-state index contributed by atoms with van der Waals surface area (Å²) in [6.07, 6.45) is 1.49. The summed E-state index contributed by atoms with van der Waals surface area (Å²) in [6.45, 7) is 4.14. The molecule has 8 heteroatoms. The molecule has 0 radical (unpaired) electrons. The van der Waals surface area contributed by atoms with Crippen LogP contribution in [0.2, 0.25) is 0 Å². The third-order valence-corrected chi connectivity index (χ3v) is 5.79. The molecule has 3 unspecified atom stereocenters. The fraction of sp³-hybridized carbons (Fsp3) is 0.600. The van der Waals surface area contributed by atoms with E-state index in [4.69, 9.17) is 9.47 Å². The van der Waals surface area contributed by atoms with Gasteiger partial charge in [-0.15, -0.1) is 0 Å². The molecule has 4 rings (SSSR count). The Kier molecular flexibility index (Phi) is 5.09. The Hall–Kier alpha value is -2.06. The van der Waals surface area contributed by atoms with Gasteiger partial charge < -0.3 is 19.3 Å². The van der Waals surface area contributed by atoms with Crippen LogP contribution < -0.4 is 4.90 Å². The van der Waals surface area contributed by atoms with Gasteiger partial charge in [0.1, 0.15) is 17.2 Å². The smallest absolute Gasteiger partial charge is 0.228 e. The first-order valence-corrected chi connectivity index (χ1v) is 9.70. The van der Waals surface area contributed by atoms with Crippen LogP contribution in [0, 0.1) is 17.6 Å². The maximum atomic E-state index is 13.5. The zero-order valence-corrected chi connectivity index (χ0v) is 15.8. The second-order valence-corrected chi connectivity index (χ2v) is 7.89. The Morgan fingerprint density at radius 3 is 2.64 bits per heavy atom. The van der Waals surface area contributed by atoms with Gasteiger partial charge >= 0.3 is 0 Å². The van der Waals surface area contributed by atoms with E-state index in [1.807, 2.05) is 6.92 Å². The number of anilines is 1. The number of carbonyl (C=O) groups is 2. The van der Waals surface area contributed by atoms with Crippen LogP contribution in [0.5, 0.6) is 0 Å². The van der Waals surface area contributed by atoms with Gasteiger partial charge in [0.25, 0.3) is 0 Å². The average Bonchev–Trinajstić information content (AvgIpc) is 3.26. The SMILES string of the molecule is CCC1CN(C(=O)C2CC(=O)N(c3cc(F)cc(F)c3)C2)CC2(CCOC2)O1. The van der Waals surface area contributed by atoms with E-state index in [2.05, 4.69) is 0 Å². The monoisotopic (exact) mass is 394 g/mol. The molecule has 0 aromatic heterocycles. The number of morpholine rings is 1. The van der Waals surface area contributed by atoms with Crippen LogP contribution in [0.1, 0.15) is 26.2 Å². The fourth-order valence-electron chi connectivity index (χ4n) is 4.35. The molecule has 3 atom stereocenters. The lowest BCUT2D eigenvalue weighted by atomic mass is 9.96. The van der Waals surface area contributed by atoms with Crippen LogP contribution in [0.3, 0.4) is 0 Å². The first-order chi connectivity index (χ1) is 13.4. The lowest BCUT2D eigenvalue weighted by Crippen LogP contribution is -2.58. The maximum Gasteiger partial charge on any atom is 0.228 e. The van der Waals surface area contributed by atoms with Crippen molar-refractivity contribution in [2.24, 2.45) is 5.92 Å². The Bertz CT molecular complexity index is 761. The second kappa shape index (κ2) is 7.40. The summed E-state index contributed by atoms with van der Waals surface area (Å²) >= 11 is 0. The highest BCUT2D eigenvalue weighted by molar-refractivity contribution is 6.00. The summed E-state index contributed by atoms with van der Waals surface area (Å²) < 4.78 is 38.7. The van der Waals surface area contributed by atoms with Gasteiger partial charge in [-0.05, 0) is 18.6 Å². The van der Waals surface area contributed by atoms with Crippen molar-refractivity contribution in [2.75, 3.05) is 37.7 Å².